The summed E-state index contributed by atoms with van der Waals surface area (Å²) in [5.74, 6) is -1.20. The van der Waals surface area contributed by atoms with E-state index in [9.17, 15) is 29.1 Å². The van der Waals surface area contributed by atoms with Crippen molar-refractivity contribution < 1.29 is 29.1 Å². The van der Waals surface area contributed by atoms with Gasteiger partial charge in [0.25, 0.3) is 5.91 Å². The van der Waals surface area contributed by atoms with Crippen molar-refractivity contribution in [2.24, 2.45) is 22.2 Å². The van der Waals surface area contributed by atoms with Crippen molar-refractivity contribution in [1.29, 1.82) is 0 Å². The highest BCUT2D eigenvalue weighted by Crippen LogP contribution is 2.40. The van der Waals surface area contributed by atoms with Gasteiger partial charge < -0.3 is 31.3 Å². The van der Waals surface area contributed by atoms with Crippen LogP contribution in [0.4, 0.5) is 4.79 Å². The Morgan fingerprint density at radius 1 is 0.902 bits per heavy atom. The van der Waals surface area contributed by atoms with E-state index in [1.54, 1.807) is 11.9 Å². The Morgan fingerprint density at radius 3 is 2.16 bits per heavy atom. The molecule has 0 aromatic carbocycles. The predicted octanol–water partition coefficient (Wildman–Crippen LogP) is 4.24. The van der Waals surface area contributed by atoms with E-state index < -0.39 is 30.0 Å². The molecular weight excluding hydrogens is 648 g/mol. The van der Waals surface area contributed by atoms with Gasteiger partial charge in [-0.3, -0.25) is 24.1 Å². The molecule has 1 aliphatic heterocycles. The Hall–Kier alpha value is -2.73. The van der Waals surface area contributed by atoms with Gasteiger partial charge in [0, 0.05) is 45.2 Å². The maximum atomic E-state index is 14.1. The molecule has 4 rings (SSSR count). The maximum absolute atomic E-state index is 14.1. The standard InChI is InChI=1S/C39H68N6O6/c1-37(2,3)29(25-45-22-20-38(4,5)24-31(45)47)42-36(51)43-33(39(6)18-10-8-11-19-39)35(50)44(7)21-12-9-13-30(46)41-28(23-26-14-15-26)32(48)34(49)40-27-16-17-27/h26-29,31,33,47H,8-25H2,1-7H3,(H,40,49)(H,41,46)(H2,42,43,51). The summed E-state index contributed by atoms with van der Waals surface area (Å²) in [5.41, 5.74) is -0.593. The fourth-order valence-electron chi connectivity index (χ4n) is 7.61. The molecule has 290 valence electrons. The van der Waals surface area contributed by atoms with Gasteiger partial charge in [0.2, 0.25) is 17.6 Å². The second-order valence-corrected chi connectivity index (χ2v) is 18.4. The highest BCUT2D eigenvalue weighted by atomic mass is 16.3. The minimum absolute atomic E-state index is 0.0761. The van der Waals surface area contributed by atoms with E-state index in [4.69, 9.17) is 0 Å². The number of hydrogen-bond acceptors (Lipinski definition) is 7. The lowest BCUT2D eigenvalue weighted by atomic mass is 9.70. The number of urea groups is 1. The van der Waals surface area contributed by atoms with Gasteiger partial charge in [-0.25, -0.2) is 4.79 Å². The summed E-state index contributed by atoms with van der Waals surface area (Å²) >= 11 is 0. The summed E-state index contributed by atoms with van der Waals surface area (Å²) in [6.45, 7) is 14.4. The summed E-state index contributed by atoms with van der Waals surface area (Å²) in [5, 5.41) is 22.7. The fraction of sp³-hybridized carbons (Fsp3) is 0.872. The van der Waals surface area contributed by atoms with Gasteiger partial charge in [-0.2, -0.15) is 0 Å². The number of aliphatic hydroxyl groups is 1. The summed E-state index contributed by atoms with van der Waals surface area (Å²) in [4.78, 5) is 69.6. The number of aliphatic hydroxyl groups excluding tert-OH is 1. The second kappa shape index (κ2) is 17.4. The Kier molecular flexibility index (Phi) is 14.0. The molecule has 0 bridgehead atoms. The highest BCUT2D eigenvalue weighted by Gasteiger charge is 2.43. The van der Waals surface area contributed by atoms with E-state index >= 15 is 0 Å². The van der Waals surface area contributed by atoms with E-state index in [0.29, 0.717) is 44.7 Å². The molecule has 4 fully saturated rings. The number of amides is 5. The monoisotopic (exact) mass is 717 g/mol. The van der Waals surface area contributed by atoms with Gasteiger partial charge in [-0.05, 0) is 80.0 Å². The molecule has 0 radical (unpaired) electrons. The molecule has 51 heavy (non-hydrogen) atoms. The van der Waals surface area contributed by atoms with E-state index in [1.165, 1.54) is 0 Å². The molecule has 1 saturated heterocycles. The van der Waals surface area contributed by atoms with Crippen molar-refractivity contribution in [3.05, 3.63) is 0 Å². The summed E-state index contributed by atoms with van der Waals surface area (Å²) in [6.07, 6.45) is 11.5. The number of carbonyl (C=O) groups is 5. The van der Waals surface area contributed by atoms with Crippen LogP contribution in [-0.2, 0) is 19.2 Å². The van der Waals surface area contributed by atoms with E-state index in [-0.39, 0.29) is 52.6 Å². The number of unbranched alkanes of at least 4 members (excludes halogenated alkanes) is 1. The number of likely N-dealkylation sites (tertiary alicyclic amines) is 1. The molecule has 0 spiro atoms. The van der Waals surface area contributed by atoms with Crippen molar-refractivity contribution in [2.45, 2.75) is 168 Å². The molecule has 4 atom stereocenters. The lowest BCUT2D eigenvalue weighted by Gasteiger charge is -2.44. The van der Waals surface area contributed by atoms with Crippen LogP contribution < -0.4 is 21.3 Å². The van der Waals surface area contributed by atoms with Crippen LogP contribution in [0.5, 0.6) is 0 Å². The first-order valence-corrected chi connectivity index (χ1v) is 19.7. The van der Waals surface area contributed by atoms with Gasteiger partial charge in [0.15, 0.2) is 0 Å². The van der Waals surface area contributed by atoms with Crippen LogP contribution in [0, 0.1) is 22.2 Å². The average Bonchev–Trinajstić information content (AvgIpc) is 3.99. The molecule has 0 aromatic heterocycles. The molecule has 4 aliphatic rings. The van der Waals surface area contributed by atoms with Crippen LogP contribution in [0.2, 0.25) is 0 Å². The quantitative estimate of drug-likeness (QED) is 0.111. The van der Waals surface area contributed by atoms with Crippen LogP contribution in [0.15, 0.2) is 0 Å². The zero-order valence-corrected chi connectivity index (χ0v) is 32.6. The van der Waals surface area contributed by atoms with Gasteiger partial charge in [0.1, 0.15) is 12.3 Å². The van der Waals surface area contributed by atoms with Crippen molar-refractivity contribution in [2.75, 3.05) is 26.7 Å². The SMILES string of the molecule is CN(CCCCC(=O)NC(CC1CC1)C(=O)C(=O)NC1CC1)C(=O)C(NC(=O)NC(CN1CCC(C)(C)CC1O)C(C)(C)C)C1(C)CCCCC1. The summed E-state index contributed by atoms with van der Waals surface area (Å²) < 4.78 is 0. The predicted molar refractivity (Wildman–Crippen MR) is 197 cm³/mol. The van der Waals surface area contributed by atoms with Crippen LogP contribution in [0.1, 0.15) is 138 Å². The number of Topliss-reactive ketones (excluding diaryl/α,β-unsaturated/α-hetero) is 1. The Balaban J connectivity index is 1.30. The number of likely N-dealkylation sites (N-methyl/N-ethyl adjacent to an activating group) is 1. The van der Waals surface area contributed by atoms with Gasteiger partial charge >= 0.3 is 6.03 Å². The van der Waals surface area contributed by atoms with Crippen molar-refractivity contribution in [3.8, 4) is 0 Å². The van der Waals surface area contributed by atoms with E-state index in [2.05, 4.69) is 67.7 Å². The lowest BCUT2D eigenvalue weighted by Crippen LogP contribution is -2.61. The third kappa shape index (κ3) is 12.7. The largest absolute Gasteiger partial charge is 0.378 e. The third-order valence-corrected chi connectivity index (χ3v) is 11.8. The van der Waals surface area contributed by atoms with Crippen molar-refractivity contribution in [3.63, 3.8) is 0 Å². The Labute approximate surface area is 306 Å². The second-order valence-electron chi connectivity index (χ2n) is 18.4. The molecule has 5 N–H and O–H groups in total. The topological polar surface area (TPSA) is 160 Å². The number of nitrogens with one attached hydrogen (secondary N) is 4. The molecule has 0 aromatic rings. The van der Waals surface area contributed by atoms with Crippen LogP contribution in [-0.4, -0.2) is 102 Å². The molecule has 12 nitrogen and oxygen atoms in total. The van der Waals surface area contributed by atoms with Crippen molar-refractivity contribution >= 4 is 29.5 Å². The molecular formula is C39H68N6O6. The molecule has 4 unspecified atom stereocenters. The normalized spacial score (nSPS) is 23.6. The highest BCUT2D eigenvalue weighted by molar-refractivity contribution is 6.38. The number of ketones is 1. The lowest BCUT2D eigenvalue weighted by molar-refractivity contribution is -0.140. The zero-order valence-electron chi connectivity index (χ0n) is 32.6. The van der Waals surface area contributed by atoms with E-state index in [0.717, 1.165) is 70.8 Å². The Bertz CT molecular complexity index is 1230. The van der Waals surface area contributed by atoms with Gasteiger partial charge in [-0.1, -0.05) is 73.6 Å². The van der Waals surface area contributed by atoms with Gasteiger partial charge in [-0.15, -0.1) is 0 Å². The fourth-order valence-corrected chi connectivity index (χ4v) is 7.61. The number of hydrogen-bond donors (Lipinski definition) is 5. The molecule has 3 aliphatic carbocycles. The smallest absolute Gasteiger partial charge is 0.315 e. The van der Waals surface area contributed by atoms with E-state index in [1.807, 2.05) is 0 Å². The van der Waals surface area contributed by atoms with Crippen LogP contribution in [0.3, 0.4) is 0 Å². The molecule has 12 heteroatoms. The van der Waals surface area contributed by atoms with Gasteiger partial charge in [0.05, 0.1) is 6.04 Å². The zero-order chi connectivity index (χ0) is 37.6. The number of carbonyl (C=O) groups excluding carboxylic acids is 5. The summed E-state index contributed by atoms with van der Waals surface area (Å²) in [7, 11) is 1.75. The third-order valence-electron chi connectivity index (χ3n) is 11.8. The van der Waals surface area contributed by atoms with Crippen molar-refractivity contribution in [1.82, 2.24) is 31.1 Å². The Morgan fingerprint density at radius 2 is 1.57 bits per heavy atom. The maximum Gasteiger partial charge on any atom is 0.315 e. The molecule has 5 amide bonds. The number of piperidine rings is 1. The first kappa shape index (κ1) is 41.0. The first-order valence-electron chi connectivity index (χ1n) is 19.7. The molecule has 3 saturated carbocycles. The first-order chi connectivity index (χ1) is 23.9. The number of nitrogens with zero attached hydrogens (tertiary/aromatic N) is 2. The molecule has 1 heterocycles. The van der Waals surface area contributed by atoms with Crippen LogP contribution >= 0.6 is 0 Å². The minimum atomic E-state index is -0.794. The number of rotatable bonds is 17. The minimum Gasteiger partial charge on any atom is -0.378 e. The summed E-state index contributed by atoms with van der Waals surface area (Å²) in [6, 6.07) is -2.05. The average molecular weight is 717 g/mol. The van der Waals surface area contributed by atoms with Crippen LogP contribution in [0.25, 0.3) is 0 Å².